The molecule has 0 radical (unpaired) electrons. The molecule has 0 aromatic rings. The number of allylic oxidation sites excluding steroid dienone is 1. The average Bonchev–Trinajstić information content (AvgIpc) is 2.01. The Labute approximate surface area is 72.8 Å². The number of hydrogen-bond donors (Lipinski definition) is 0. The monoisotopic (exact) mass is 172 g/mol. The third kappa shape index (κ3) is 6.32. The van der Waals surface area contributed by atoms with E-state index in [0.29, 0.717) is 0 Å². The average molecular weight is 172 g/mol. The highest BCUT2D eigenvalue weighted by Crippen LogP contribution is 2.10. The third-order valence-corrected chi connectivity index (χ3v) is 2.76. The first-order valence-corrected chi connectivity index (χ1v) is 5.91. The molecule has 0 amide bonds. The summed E-state index contributed by atoms with van der Waals surface area (Å²) in [7, 11) is 1.48. The second-order valence-electron chi connectivity index (χ2n) is 2.82. The van der Waals surface area contributed by atoms with Gasteiger partial charge < -0.3 is 4.43 Å². The minimum absolute atomic E-state index is 0.328. The van der Waals surface area contributed by atoms with Gasteiger partial charge in [-0.15, -0.1) is 0 Å². The summed E-state index contributed by atoms with van der Waals surface area (Å²) in [5.74, 6) is 0. The Hall–Kier alpha value is -0.0831. The van der Waals surface area contributed by atoms with E-state index < -0.39 is 0 Å². The quantitative estimate of drug-likeness (QED) is 0.558. The SMILES string of the molecule is CCCC(=C[SiH2]OC)CCC. The molecule has 2 heteroatoms. The van der Waals surface area contributed by atoms with Crippen LogP contribution in [0.15, 0.2) is 11.3 Å². The Morgan fingerprint density at radius 2 is 1.82 bits per heavy atom. The predicted molar refractivity (Wildman–Crippen MR) is 53.5 cm³/mol. The van der Waals surface area contributed by atoms with Crippen LogP contribution in [-0.4, -0.2) is 16.9 Å². The molecule has 0 bridgehead atoms. The van der Waals surface area contributed by atoms with E-state index in [-0.39, 0.29) is 9.76 Å². The van der Waals surface area contributed by atoms with Gasteiger partial charge in [0.25, 0.3) is 0 Å². The Morgan fingerprint density at radius 3 is 2.18 bits per heavy atom. The fraction of sp³-hybridized carbons (Fsp3) is 0.778. The zero-order valence-electron chi connectivity index (χ0n) is 8.02. The lowest BCUT2D eigenvalue weighted by molar-refractivity contribution is 0.449. The first-order valence-electron chi connectivity index (χ1n) is 4.52. The lowest BCUT2D eigenvalue weighted by Gasteiger charge is -2.02. The summed E-state index contributed by atoms with van der Waals surface area (Å²) in [5, 5.41) is 0. The van der Waals surface area contributed by atoms with Crippen molar-refractivity contribution in [3.05, 3.63) is 11.3 Å². The second-order valence-corrected chi connectivity index (χ2v) is 4.14. The smallest absolute Gasteiger partial charge is 0.184 e. The molecule has 0 saturated heterocycles. The molecular formula is C9H20OSi. The van der Waals surface area contributed by atoms with Crippen LogP contribution in [0.2, 0.25) is 0 Å². The number of hydrogen-bond acceptors (Lipinski definition) is 1. The van der Waals surface area contributed by atoms with Crippen LogP contribution in [0.5, 0.6) is 0 Å². The van der Waals surface area contributed by atoms with E-state index in [4.69, 9.17) is 4.43 Å². The molecule has 0 spiro atoms. The Bertz CT molecular complexity index is 102. The van der Waals surface area contributed by atoms with E-state index in [1.165, 1.54) is 25.7 Å². The van der Waals surface area contributed by atoms with Crippen LogP contribution in [0.25, 0.3) is 0 Å². The van der Waals surface area contributed by atoms with Crippen LogP contribution in [-0.2, 0) is 4.43 Å². The van der Waals surface area contributed by atoms with Crippen molar-refractivity contribution in [3.8, 4) is 0 Å². The van der Waals surface area contributed by atoms with Crippen LogP contribution < -0.4 is 0 Å². The zero-order chi connectivity index (χ0) is 8.53. The van der Waals surface area contributed by atoms with E-state index in [2.05, 4.69) is 19.5 Å². The lowest BCUT2D eigenvalue weighted by Crippen LogP contribution is -1.92. The van der Waals surface area contributed by atoms with Gasteiger partial charge >= 0.3 is 0 Å². The van der Waals surface area contributed by atoms with Gasteiger partial charge in [-0.05, 0) is 12.8 Å². The highest BCUT2D eigenvalue weighted by atomic mass is 28.2. The van der Waals surface area contributed by atoms with Crippen molar-refractivity contribution in [2.24, 2.45) is 0 Å². The Balaban J connectivity index is 3.66. The molecule has 0 aromatic carbocycles. The third-order valence-electron chi connectivity index (χ3n) is 1.68. The highest BCUT2D eigenvalue weighted by Gasteiger charge is 1.93. The molecule has 0 aromatic heterocycles. The summed E-state index contributed by atoms with van der Waals surface area (Å²) in [5.41, 5.74) is 3.97. The Morgan fingerprint density at radius 1 is 1.27 bits per heavy atom. The standard InChI is InChI=1S/C9H20OSi/c1-4-6-9(7-5-2)8-11-10-3/h8H,4-7,11H2,1-3H3. The molecule has 0 fully saturated rings. The molecule has 0 aliphatic carbocycles. The van der Waals surface area contributed by atoms with Gasteiger partial charge in [0.15, 0.2) is 9.76 Å². The van der Waals surface area contributed by atoms with Gasteiger partial charge in [-0.2, -0.15) is 0 Å². The fourth-order valence-electron chi connectivity index (χ4n) is 1.17. The van der Waals surface area contributed by atoms with Crippen LogP contribution in [0, 0.1) is 0 Å². The molecule has 0 aliphatic heterocycles. The summed E-state index contributed by atoms with van der Waals surface area (Å²) in [6.45, 7) is 4.47. The van der Waals surface area contributed by atoms with Crippen molar-refractivity contribution in [1.29, 1.82) is 0 Å². The van der Waals surface area contributed by atoms with Crippen molar-refractivity contribution >= 4 is 9.76 Å². The first-order chi connectivity index (χ1) is 5.35. The molecule has 0 unspecified atom stereocenters. The summed E-state index contributed by atoms with van der Waals surface area (Å²) in [4.78, 5) is 0. The predicted octanol–water partition coefficient (Wildman–Crippen LogP) is 2.20. The normalized spacial score (nSPS) is 10.8. The van der Waals surface area contributed by atoms with Crippen molar-refractivity contribution in [2.75, 3.05) is 7.11 Å². The number of rotatable bonds is 6. The minimum atomic E-state index is -0.328. The topological polar surface area (TPSA) is 9.23 Å². The maximum absolute atomic E-state index is 5.13. The molecule has 0 N–H and O–H groups in total. The molecular weight excluding hydrogens is 152 g/mol. The Kier molecular flexibility index (Phi) is 7.96. The minimum Gasteiger partial charge on any atom is -0.422 e. The summed E-state index contributed by atoms with van der Waals surface area (Å²) in [6, 6.07) is 0. The lowest BCUT2D eigenvalue weighted by atomic mass is 10.1. The fourth-order valence-corrected chi connectivity index (χ4v) is 1.98. The first kappa shape index (κ1) is 10.9. The highest BCUT2D eigenvalue weighted by molar-refractivity contribution is 6.34. The van der Waals surface area contributed by atoms with Crippen molar-refractivity contribution < 1.29 is 4.43 Å². The molecule has 0 heterocycles. The summed E-state index contributed by atoms with van der Waals surface area (Å²) >= 11 is 0. The zero-order valence-corrected chi connectivity index (χ0v) is 9.44. The van der Waals surface area contributed by atoms with Gasteiger partial charge in [0.1, 0.15) is 0 Å². The maximum Gasteiger partial charge on any atom is 0.184 e. The van der Waals surface area contributed by atoms with Crippen molar-refractivity contribution in [3.63, 3.8) is 0 Å². The van der Waals surface area contributed by atoms with E-state index in [1.807, 2.05) is 0 Å². The van der Waals surface area contributed by atoms with Crippen LogP contribution >= 0.6 is 0 Å². The molecule has 1 nitrogen and oxygen atoms in total. The molecule has 0 aliphatic rings. The molecule has 0 rings (SSSR count). The van der Waals surface area contributed by atoms with Crippen molar-refractivity contribution in [2.45, 2.75) is 39.5 Å². The van der Waals surface area contributed by atoms with Gasteiger partial charge in [0.05, 0.1) is 0 Å². The van der Waals surface area contributed by atoms with E-state index >= 15 is 0 Å². The maximum atomic E-state index is 5.13. The molecule has 66 valence electrons. The van der Waals surface area contributed by atoms with Crippen LogP contribution in [0.1, 0.15) is 39.5 Å². The van der Waals surface area contributed by atoms with Gasteiger partial charge in [-0.1, -0.05) is 38.0 Å². The van der Waals surface area contributed by atoms with Crippen molar-refractivity contribution in [1.82, 2.24) is 0 Å². The second kappa shape index (κ2) is 8.02. The van der Waals surface area contributed by atoms with E-state index in [1.54, 1.807) is 12.7 Å². The van der Waals surface area contributed by atoms with E-state index in [0.717, 1.165) is 0 Å². The molecule has 11 heavy (non-hydrogen) atoms. The van der Waals surface area contributed by atoms with Crippen LogP contribution in [0.3, 0.4) is 0 Å². The van der Waals surface area contributed by atoms with Crippen LogP contribution in [0.4, 0.5) is 0 Å². The summed E-state index contributed by atoms with van der Waals surface area (Å²) in [6.07, 6.45) is 5.07. The van der Waals surface area contributed by atoms with Gasteiger partial charge in [-0.3, -0.25) is 0 Å². The van der Waals surface area contributed by atoms with Gasteiger partial charge in [0, 0.05) is 7.11 Å². The van der Waals surface area contributed by atoms with E-state index in [9.17, 15) is 0 Å². The van der Waals surface area contributed by atoms with Gasteiger partial charge in [-0.25, -0.2) is 0 Å². The molecule has 0 saturated carbocycles. The van der Waals surface area contributed by atoms with Gasteiger partial charge in [0.2, 0.25) is 0 Å². The summed E-state index contributed by atoms with van der Waals surface area (Å²) < 4.78 is 5.13. The largest absolute Gasteiger partial charge is 0.422 e. The molecule has 0 atom stereocenters.